The van der Waals surface area contributed by atoms with Crippen LogP contribution in [0.3, 0.4) is 0 Å². The monoisotopic (exact) mass is 259 g/mol. The van der Waals surface area contributed by atoms with Crippen LogP contribution < -0.4 is 11.1 Å². The lowest BCUT2D eigenvalue weighted by atomic mass is 10.3. The average molecular weight is 259 g/mol. The molecule has 1 aromatic heterocycles. The number of phenolic OH excluding ortho intramolecular Hbond substituents is 1. The van der Waals surface area contributed by atoms with Gasteiger partial charge in [-0.25, -0.2) is 0 Å². The highest BCUT2D eigenvalue weighted by molar-refractivity contribution is 6.03. The van der Waals surface area contributed by atoms with Crippen LogP contribution in [0.5, 0.6) is 5.75 Å². The highest BCUT2D eigenvalue weighted by atomic mass is 16.3. The van der Waals surface area contributed by atoms with E-state index in [1.807, 2.05) is 11.5 Å². The van der Waals surface area contributed by atoms with Crippen molar-refractivity contribution < 1.29 is 9.90 Å². The standard InChI is InChI=1S/C14H17N3O2/c1-2-6-17-9-10(15)7-13(17)14(19)16-11-4-3-5-12(18)8-11/h3-5,7-9,18H,2,6,15H2,1H3,(H,16,19). The van der Waals surface area contributed by atoms with Gasteiger partial charge in [-0.15, -0.1) is 0 Å². The number of hydrogen-bond donors (Lipinski definition) is 3. The number of aromatic hydroxyl groups is 1. The second-order valence-corrected chi connectivity index (χ2v) is 4.36. The number of nitrogens with zero attached hydrogens (tertiary/aromatic N) is 1. The summed E-state index contributed by atoms with van der Waals surface area (Å²) in [6.07, 6.45) is 2.67. The summed E-state index contributed by atoms with van der Waals surface area (Å²) in [6, 6.07) is 8.08. The third kappa shape index (κ3) is 3.07. The summed E-state index contributed by atoms with van der Waals surface area (Å²) in [5.74, 6) is -0.128. The van der Waals surface area contributed by atoms with Gasteiger partial charge in [0.1, 0.15) is 11.4 Å². The first-order valence-electron chi connectivity index (χ1n) is 6.16. The molecule has 5 heteroatoms. The fourth-order valence-electron chi connectivity index (χ4n) is 1.93. The predicted octanol–water partition coefficient (Wildman–Crippen LogP) is 2.44. The minimum atomic E-state index is -0.240. The van der Waals surface area contributed by atoms with E-state index < -0.39 is 0 Å². The highest BCUT2D eigenvalue weighted by Gasteiger charge is 2.12. The summed E-state index contributed by atoms with van der Waals surface area (Å²) in [5, 5.41) is 12.1. The molecular weight excluding hydrogens is 242 g/mol. The van der Waals surface area contributed by atoms with Crippen molar-refractivity contribution in [3.63, 3.8) is 0 Å². The van der Waals surface area contributed by atoms with Crippen LogP contribution >= 0.6 is 0 Å². The summed E-state index contributed by atoms with van der Waals surface area (Å²) in [7, 11) is 0. The van der Waals surface area contributed by atoms with Gasteiger partial charge in [-0.1, -0.05) is 13.0 Å². The minimum absolute atomic E-state index is 0.112. The van der Waals surface area contributed by atoms with Crippen LogP contribution in [-0.4, -0.2) is 15.6 Å². The molecule has 0 aliphatic rings. The molecule has 0 aliphatic carbocycles. The number of hydrogen-bond acceptors (Lipinski definition) is 3. The number of nitrogen functional groups attached to an aromatic ring is 1. The molecule has 1 heterocycles. The molecule has 0 atom stereocenters. The molecule has 2 rings (SSSR count). The molecule has 0 radical (unpaired) electrons. The molecule has 1 aromatic carbocycles. The summed E-state index contributed by atoms with van der Waals surface area (Å²) < 4.78 is 1.83. The third-order valence-electron chi connectivity index (χ3n) is 2.72. The third-order valence-corrected chi connectivity index (χ3v) is 2.72. The molecule has 100 valence electrons. The molecular formula is C14H17N3O2. The number of amides is 1. The molecule has 0 aliphatic heterocycles. The van der Waals surface area contributed by atoms with Gasteiger partial charge in [-0.05, 0) is 24.6 Å². The number of benzene rings is 1. The van der Waals surface area contributed by atoms with Crippen LogP contribution in [0.4, 0.5) is 11.4 Å². The molecule has 0 saturated heterocycles. The molecule has 0 saturated carbocycles. The van der Waals surface area contributed by atoms with Crippen molar-refractivity contribution in [3.8, 4) is 5.75 Å². The minimum Gasteiger partial charge on any atom is -0.508 e. The second-order valence-electron chi connectivity index (χ2n) is 4.36. The quantitative estimate of drug-likeness (QED) is 0.789. The van der Waals surface area contributed by atoms with Crippen molar-refractivity contribution in [2.45, 2.75) is 19.9 Å². The zero-order valence-electron chi connectivity index (χ0n) is 10.8. The molecule has 0 bridgehead atoms. The average Bonchev–Trinajstić information content (AvgIpc) is 2.71. The van der Waals surface area contributed by atoms with Crippen LogP contribution in [0.2, 0.25) is 0 Å². The molecule has 5 nitrogen and oxygen atoms in total. The maximum Gasteiger partial charge on any atom is 0.272 e. The maximum absolute atomic E-state index is 12.2. The van der Waals surface area contributed by atoms with E-state index in [0.29, 0.717) is 17.1 Å². The highest BCUT2D eigenvalue weighted by Crippen LogP contribution is 2.18. The Balaban J connectivity index is 2.20. The van der Waals surface area contributed by atoms with Gasteiger partial charge in [0.15, 0.2) is 0 Å². The Morgan fingerprint density at radius 3 is 2.89 bits per heavy atom. The Kier molecular flexibility index (Phi) is 3.75. The Morgan fingerprint density at radius 2 is 2.21 bits per heavy atom. The van der Waals surface area contributed by atoms with Gasteiger partial charge in [-0.2, -0.15) is 0 Å². The number of anilines is 2. The van der Waals surface area contributed by atoms with E-state index in [0.717, 1.165) is 13.0 Å². The van der Waals surface area contributed by atoms with E-state index in [4.69, 9.17) is 5.73 Å². The Morgan fingerprint density at radius 1 is 1.42 bits per heavy atom. The Labute approximate surface area is 111 Å². The van der Waals surface area contributed by atoms with Crippen LogP contribution in [0.15, 0.2) is 36.5 Å². The lowest BCUT2D eigenvalue weighted by molar-refractivity contribution is 0.101. The predicted molar refractivity (Wildman–Crippen MR) is 75.2 cm³/mol. The van der Waals surface area contributed by atoms with Gasteiger partial charge in [0.05, 0.1) is 5.69 Å². The lowest BCUT2D eigenvalue weighted by Crippen LogP contribution is -2.16. The summed E-state index contributed by atoms with van der Waals surface area (Å²) in [4.78, 5) is 12.2. The number of carbonyl (C=O) groups is 1. The van der Waals surface area contributed by atoms with Crippen LogP contribution in [0.1, 0.15) is 23.8 Å². The Bertz CT molecular complexity index is 590. The molecule has 19 heavy (non-hydrogen) atoms. The molecule has 0 fully saturated rings. The smallest absolute Gasteiger partial charge is 0.272 e. The molecule has 4 N–H and O–H groups in total. The van der Waals surface area contributed by atoms with E-state index >= 15 is 0 Å². The van der Waals surface area contributed by atoms with Gasteiger partial charge in [0, 0.05) is 24.5 Å². The Hall–Kier alpha value is -2.43. The molecule has 1 amide bonds. The first-order valence-corrected chi connectivity index (χ1v) is 6.16. The van der Waals surface area contributed by atoms with Crippen LogP contribution in [0, 0.1) is 0 Å². The number of aromatic nitrogens is 1. The summed E-state index contributed by atoms with van der Waals surface area (Å²) in [6.45, 7) is 2.77. The van der Waals surface area contributed by atoms with Gasteiger partial charge >= 0.3 is 0 Å². The van der Waals surface area contributed by atoms with E-state index in [2.05, 4.69) is 5.32 Å². The van der Waals surface area contributed by atoms with Gasteiger partial charge in [0.2, 0.25) is 0 Å². The van der Waals surface area contributed by atoms with Crippen molar-refractivity contribution in [2.75, 3.05) is 11.1 Å². The molecule has 0 spiro atoms. The summed E-state index contributed by atoms with van der Waals surface area (Å²) >= 11 is 0. The zero-order chi connectivity index (χ0) is 13.8. The van der Waals surface area contributed by atoms with Crippen molar-refractivity contribution in [1.29, 1.82) is 0 Å². The first kappa shape index (κ1) is 13.0. The number of rotatable bonds is 4. The zero-order valence-corrected chi connectivity index (χ0v) is 10.8. The van der Waals surface area contributed by atoms with Crippen LogP contribution in [-0.2, 0) is 6.54 Å². The number of nitrogens with two attached hydrogens (primary N) is 1. The molecule has 2 aromatic rings. The number of nitrogens with one attached hydrogen (secondary N) is 1. The lowest BCUT2D eigenvalue weighted by Gasteiger charge is -2.08. The normalized spacial score (nSPS) is 10.4. The van der Waals surface area contributed by atoms with Crippen molar-refractivity contribution in [1.82, 2.24) is 4.57 Å². The fourth-order valence-corrected chi connectivity index (χ4v) is 1.93. The first-order chi connectivity index (χ1) is 9.10. The maximum atomic E-state index is 12.2. The van der Waals surface area contributed by atoms with E-state index in [1.54, 1.807) is 30.5 Å². The topological polar surface area (TPSA) is 80.3 Å². The van der Waals surface area contributed by atoms with E-state index in [-0.39, 0.29) is 11.7 Å². The van der Waals surface area contributed by atoms with Crippen molar-refractivity contribution in [2.24, 2.45) is 0 Å². The second kappa shape index (κ2) is 5.48. The van der Waals surface area contributed by atoms with E-state index in [1.165, 1.54) is 6.07 Å². The van der Waals surface area contributed by atoms with E-state index in [9.17, 15) is 9.90 Å². The SMILES string of the molecule is CCCn1cc(N)cc1C(=O)Nc1cccc(O)c1. The van der Waals surface area contributed by atoms with Crippen molar-refractivity contribution >= 4 is 17.3 Å². The number of aryl methyl sites for hydroxylation is 1. The van der Waals surface area contributed by atoms with Gasteiger partial charge < -0.3 is 20.7 Å². The number of phenols is 1. The van der Waals surface area contributed by atoms with Gasteiger partial charge in [-0.3, -0.25) is 4.79 Å². The van der Waals surface area contributed by atoms with Crippen LogP contribution in [0.25, 0.3) is 0 Å². The molecule has 0 unspecified atom stereocenters. The fraction of sp³-hybridized carbons (Fsp3) is 0.214. The summed E-state index contributed by atoms with van der Waals surface area (Å²) in [5.41, 5.74) is 7.35. The largest absolute Gasteiger partial charge is 0.508 e. The number of carbonyl (C=O) groups excluding carboxylic acids is 1. The van der Waals surface area contributed by atoms with Crippen molar-refractivity contribution in [3.05, 3.63) is 42.2 Å². The van der Waals surface area contributed by atoms with Gasteiger partial charge in [0.25, 0.3) is 5.91 Å².